The number of nitrogens with one attached hydrogen (secondary N) is 1. The number of alkyl halides is 3. The van der Waals surface area contributed by atoms with Gasteiger partial charge in [-0.2, -0.15) is 0 Å². The van der Waals surface area contributed by atoms with Crippen molar-refractivity contribution in [2.24, 2.45) is 0 Å². The normalized spacial score (nSPS) is 11.2. The molecule has 0 aliphatic carbocycles. The van der Waals surface area contributed by atoms with Gasteiger partial charge in [0, 0.05) is 5.56 Å². The number of amides is 1. The van der Waals surface area contributed by atoms with Gasteiger partial charge in [0.1, 0.15) is 17.1 Å². The summed E-state index contributed by atoms with van der Waals surface area (Å²) < 4.78 is 44.9. The van der Waals surface area contributed by atoms with Gasteiger partial charge in [-0.3, -0.25) is 5.32 Å². The molecule has 2 N–H and O–H groups in total. The van der Waals surface area contributed by atoms with E-state index in [2.05, 4.69) is 15.2 Å². The van der Waals surface area contributed by atoms with E-state index >= 15 is 0 Å². The molecule has 1 aromatic heterocycles. The summed E-state index contributed by atoms with van der Waals surface area (Å²) in [5.74, 6) is -0.288. The van der Waals surface area contributed by atoms with Crippen LogP contribution in [0.1, 0.15) is 5.69 Å². The van der Waals surface area contributed by atoms with Crippen LogP contribution in [0, 0.1) is 6.92 Å². The Kier molecular flexibility index (Phi) is 3.74. The summed E-state index contributed by atoms with van der Waals surface area (Å²) >= 11 is 0. The predicted molar refractivity (Wildman–Crippen MR) is 65.0 cm³/mol. The maximum absolute atomic E-state index is 12.0. The van der Waals surface area contributed by atoms with E-state index in [4.69, 9.17) is 9.63 Å². The monoisotopic (exact) mass is 302 g/mol. The third-order valence-corrected chi connectivity index (χ3v) is 2.44. The van der Waals surface area contributed by atoms with E-state index in [0.717, 1.165) is 12.1 Å². The number of halogens is 3. The fourth-order valence-electron chi connectivity index (χ4n) is 1.63. The van der Waals surface area contributed by atoms with Crippen LogP contribution in [0.2, 0.25) is 0 Å². The van der Waals surface area contributed by atoms with E-state index in [1.54, 1.807) is 0 Å². The summed E-state index contributed by atoms with van der Waals surface area (Å²) in [5, 5.41) is 14.5. The number of anilines is 1. The fourth-order valence-corrected chi connectivity index (χ4v) is 1.63. The van der Waals surface area contributed by atoms with Crippen LogP contribution >= 0.6 is 0 Å². The first-order valence-corrected chi connectivity index (χ1v) is 5.58. The highest BCUT2D eigenvalue weighted by Crippen LogP contribution is 2.32. The third-order valence-electron chi connectivity index (χ3n) is 2.44. The van der Waals surface area contributed by atoms with Gasteiger partial charge in [0.2, 0.25) is 0 Å². The van der Waals surface area contributed by atoms with E-state index < -0.39 is 18.2 Å². The van der Waals surface area contributed by atoms with Crippen molar-refractivity contribution in [3.63, 3.8) is 0 Å². The van der Waals surface area contributed by atoms with Crippen molar-refractivity contribution in [2.75, 3.05) is 5.32 Å². The van der Waals surface area contributed by atoms with Crippen molar-refractivity contribution < 1.29 is 32.3 Å². The number of carboxylic acid groups (broad SMARTS) is 1. The molecule has 0 spiro atoms. The van der Waals surface area contributed by atoms with E-state index in [9.17, 15) is 18.0 Å². The Balaban J connectivity index is 2.29. The summed E-state index contributed by atoms with van der Waals surface area (Å²) in [7, 11) is 0. The maximum atomic E-state index is 12.0. The van der Waals surface area contributed by atoms with Crippen LogP contribution in [0.15, 0.2) is 28.8 Å². The molecule has 0 bridgehead atoms. The Morgan fingerprint density at radius 1 is 1.33 bits per heavy atom. The zero-order valence-corrected chi connectivity index (χ0v) is 10.6. The van der Waals surface area contributed by atoms with Gasteiger partial charge in [-0.15, -0.1) is 13.2 Å². The Morgan fingerprint density at radius 2 is 1.95 bits per heavy atom. The van der Waals surface area contributed by atoms with E-state index in [0.29, 0.717) is 11.3 Å². The van der Waals surface area contributed by atoms with Crippen LogP contribution in [0.4, 0.5) is 23.7 Å². The minimum Gasteiger partial charge on any atom is -0.465 e. The van der Waals surface area contributed by atoms with E-state index in [-0.39, 0.29) is 11.4 Å². The lowest BCUT2D eigenvalue weighted by Crippen LogP contribution is -2.16. The highest BCUT2D eigenvalue weighted by Gasteiger charge is 2.31. The molecule has 0 atom stereocenters. The lowest BCUT2D eigenvalue weighted by atomic mass is 10.1. The molecule has 6 nitrogen and oxygen atoms in total. The van der Waals surface area contributed by atoms with E-state index in [1.165, 1.54) is 19.1 Å². The Morgan fingerprint density at radius 3 is 2.48 bits per heavy atom. The molecule has 0 saturated heterocycles. The lowest BCUT2D eigenvalue weighted by Gasteiger charge is -2.09. The molecule has 1 aromatic carbocycles. The van der Waals surface area contributed by atoms with Gasteiger partial charge in [-0.25, -0.2) is 4.79 Å². The Hall–Kier alpha value is -2.71. The molecule has 0 unspecified atom stereocenters. The van der Waals surface area contributed by atoms with Gasteiger partial charge in [0.25, 0.3) is 0 Å². The standard InChI is InChI=1S/C12H9F3N2O4/c1-6-9(16-11(18)19)10(21-17-6)7-2-4-8(5-3-7)20-12(13,14)15/h2-5,16H,1H3,(H,18,19). The van der Waals surface area contributed by atoms with Gasteiger partial charge < -0.3 is 14.4 Å². The molecule has 0 aliphatic rings. The van der Waals surface area contributed by atoms with Gasteiger partial charge in [0.05, 0.1) is 0 Å². The Labute approximate surface area is 116 Å². The first-order chi connectivity index (χ1) is 9.76. The first-order valence-electron chi connectivity index (χ1n) is 5.58. The average molecular weight is 302 g/mol. The third kappa shape index (κ3) is 3.65. The summed E-state index contributed by atoms with van der Waals surface area (Å²) in [6, 6.07) is 4.78. The van der Waals surface area contributed by atoms with Crippen molar-refractivity contribution in [3.05, 3.63) is 30.0 Å². The number of aromatic nitrogens is 1. The van der Waals surface area contributed by atoms with E-state index in [1.807, 2.05) is 0 Å². The molecule has 0 aliphatic heterocycles. The molecule has 9 heteroatoms. The van der Waals surface area contributed by atoms with Crippen molar-refractivity contribution in [1.82, 2.24) is 5.16 Å². The second kappa shape index (κ2) is 5.35. The summed E-state index contributed by atoms with van der Waals surface area (Å²) in [4.78, 5) is 10.7. The topological polar surface area (TPSA) is 84.6 Å². The number of ether oxygens (including phenoxy) is 1. The molecular weight excluding hydrogens is 293 g/mol. The molecule has 1 amide bonds. The van der Waals surface area contributed by atoms with Crippen LogP contribution in [0.3, 0.4) is 0 Å². The van der Waals surface area contributed by atoms with Crippen molar-refractivity contribution >= 4 is 11.8 Å². The SMILES string of the molecule is Cc1noc(-c2ccc(OC(F)(F)F)cc2)c1NC(=O)O. The van der Waals surface area contributed by atoms with Crippen molar-refractivity contribution in [1.29, 1.82) is 0 Å². The zero-order chi connectivity index (χ0) is 15.6. The average Bonchev–Trinajstić information content (AvgIpc) is 2.70. The number of nitrogens with zero attached hydrogens (tertiary/aromatic N) is 1. The molecule has 1 heterocycles. The van der Waals surface area contributed by atoms with Crippen LogP contribution in [-0.2, 0) is 0 Å². The second-order valence-corrected chi connectivity index (χ2v) is 3.97. The van der Waals surface area contributed by atoms with Crippen molar-refractivity contribution in [2.45, 2.75) is 13.3 Å². The molecule has 0 fully saturated rings. The largest absolute Gasteiger partial charge is 0.573 e. The highest BCUT2D eigenvalue weighted by atomic mass is 19.4. The van der Waals surface area contributed by atoms with Crippen LogP contribution in [0.25, 0.3) is 11.3 Å². The summed E-state index contributed by atoms with van der Waals surface area (Å²) in [5.41, 5.74) is 0.795. The number of hydrogen-bond donors (Lipinski definition) is 2. The number of rotatable bonds is 3. The van der Waals surface area contributed by atoms with Gasteiger partial charge >= 0.3 is 12.5 Å². The van der Waals surface area contributed by atoms with Gasteiger partial charge in [-0.05, 0) is 31.2 Å². The van der Waals surface area contributed by atoms with Gasteiger partial charge in [0.15, 0.2) is 5.76 Å². The van der Waals surface area contributed by atoms with Crippen LogP contribution < -0.4 is 10.1 Å². The lowest BCUT2D eigenvalue weighted by molar-refractivity contribution is -0.274. The number of hydrogen-bond acceptors (Lipinski definition) is 4. The summed E-state index contributed by atoms with van der Waals surface area (Å²) in [6.07, 6.45) is -6.08. The van der Waals surface area contributed by atoms with Crippen molar-refractivity contribution in [3.8, 4) is 17.1 Å². The molecule has 112 valence electrons. The number of benzene rings is 1. The Bertz CT molecular complexity index is 650. The maximum Gasteiger partial charge on any atom is 0.573 e. The van der Waals surface area contributed by atoms with Crippen LogP contribution in [-0.4, -0.2) is 22.7 Å². The number of carbonyl (C=O) groups is 1. The quantitative estimate of drug-likeness (QED) is 0.904. The predicted octanol–water partition coefficient (Wildman–Crippen LogP) is 3.64. The fraction of sp³-hybridized carbons (Fsp3) is 0.167. The smallest absolute Gasteiger partial charge is 0.465 e. The second-order valence-electron chi connectivity index (χ2n) is 3.97. The van der Waals surface area contributed by atoms with Gasteiger partial charge in [-0.1, -0.05) is 5.16 Å². The van der Waals surface area contributed by atoms with Crippen LogP contribution in [0.5, 0.6) is 5.75 Å². The first kappa shape index (κ1) is 14.7. The summed E-state index contributed by atoms with van der Waals surface area (Å²) in [6.45, 7) is 1.53. The highest BCUT2D eigenvalue weighted by molar-refractivity contribution is 5.89. The molecule has 0 saturated carbocycles. The molecule has 2 rings (SSSR count). The zero-order valence-electron chi connectivity index (χ0n) is 10.6. The minimum atomic E-state index is -4.78. The molecule has 21 heavy (non-hydrogen) atoms. The molecule has 2 aromatic rings. The molecular formula is C12H9F3N2O4. The number of aryl methyl sites for hydroxylation is 1. The molecule has 0 radical (unpaired) electrons. The minimum absolute atomic E-state index is 0.105.